The third-order valence-electron chi connectivity index (χ3n) is 3.70. The van der Waals surface area contributed by atoms with Crippen molar-refractivity contribution in [3.05, 3.63) is 36.3 Å². The number of pyridine rings is 1. The molecule has 0 aliphatic carbocycles. The molecule has 122 valence electrons. The van der Waals surface area contributed by atoms with Crippen molar-refractivity contribution in [2.24, 2.45) is 7.05 Å². The standard InChI is InChI=1S/C15H20N6O2/c1-20-11-14(18-19-20)17-15(22)21(10-13-3-2-8-23-13)9-12-4-6-16-7-5-12/h4-7,11,13H,2-3,8-10H2,1H3,(H,17,22). The average Bonchev–Trinajstić information content (AvgIpc) is 3.19. The minimum absolute atomic E-state index is 0.0874. The third kappa shape index (κ3) is 4.26. The highest BCUT2D eigenvalue weighted by atomic mass is 16.5. The Bertz CT molecular complexity index is 638. The lowest BCUT2D eigenvalue weighted by atomic mass is 10.2. The molecule has 1 N–H and O–H groups in total. The van der Waals surface area contributed by atoms with E-state index in [9.17, 15) is 4.79 Å². The molecule has 0 saturated carbocycles. The minimum Gasteiger partial charge on any atom is -0.376 e. The van der Waals surface area contributed by atoms with Crippen LogP contribution in [0.15, 0.2) is 30.7 Å². The van der Waals surface area contributed by atoms with E-state index in [2.05, 4.69) is 20.6 Å². The minimum atomic E-state index is -0.210. The first-order chi connectivity index (χ1) is 11.2. The number of ether oxygens (including phenoxy) is 1. The quantitative estimate of drug-likeness (QED) is 0.902. The monoisotopic (exact) mass is 316 g/mol. The Morgan fingerprint density at radius 2 is 2.30 bits per heavy atom. The van der Waals surface area contributed by atoms with E-state index in [1.54, 1.807) is 35.2 Å². The topological polar surface area (TPSA) is 85.2 Å². The Kier molecular flexibility index (Phi) is 4.82. The molecule has 2 aromatic heterocycles. The van der Waals surface area contributed by atoms with E-state index in [4.69, 9.17) is 4.74 Å². The fourth-order valence-electron chi connectivity index (χ4n) is 2.56. The lowest BCUT2D eigenvalue weighted by Gasteiger charge is -2.25. The Labute approximate surface area is 134 Å². The summed E-state index contributed by atoms with van der Waals surface area (Å²) in [5.41, 5.74) is 1.02. The van der Waals surface area contributed by atoms with Gasteiger partial charge in [-0.25, -0.2) is 4.79 Å². The van der Waals surface area contributed by atoms with Crippen molar-refractivity contribution in [2.45, 2.75) is 25.5 Å². The Hall–Kier alpha value is -2.48. The molecule has 2 aromatic rings. The number of hydrogen-bond acceptors (Lipinski definition) is 5. The summed E-state index contributed by atoms with van der Waals surface area (Å²) in [4.78, 5) is 18.3. The fourth-order valence-corrected chi connectivity index (χ4v) is 2.56. The van der Waals surface area contributed by atoms with Gasteiger partial charge in [0.15, 0.2) is 5.82 Å². The predicted molar refractivity (Wildman–Crippen MR) is 83.6 cm³/mol. The Morgan fingerprint density at radius 3 is 2.96 bits per heavy atom. The average molecular weight is 316 g/mol. The number of urea groups is 1. The summed E-state index contributed by atoms with van der Waals surface area (Å²) in [5.74, 6) is 0.435. The maximum absolute atomic E-state index is 12.6. The second-order valence-electron chi connectivity index (χ2n) is 5.58. The fraction of sp³-hybridized carbons (Fsp3) is 0.467. The lowest BCUT2D eigenvalue weighted by molar-refractivity contribution is 0.0819. The maximum atomic E-state index is 12.6. The molecule has 8 nitrogen and oxygen atoms in total. The van der Waals surface area contributed by atoms with Crippen molar-refractivity contribution in [2.75, 3.05) is 18.5 Å². The molecule has 0 radical (unpaired) electrons. The van der Waals surface area contributed by atoms with Crippen molar-refractivity contribution >= 4 is 11.8 Å². The zero-order valence-corrected chi connectivity index (χ0v) is 13.1. The summed E-state index contributed by atoms with van der Waals surface area (Å²) in [6, 6.07) is 3.59. The highest BCUT2D eigenvalue weighted by Crippen LogP contribution is 2.16. The second-order valence-corrected chi connectivity index (χ2v) is 5.58. The first-order valence-electron chi connectivity index (χ1n) is 7.63. The number of anilines is 1. The summed E-state index contributed by atoms with van der Waals surface area (Å²) in [6.45, 7) is 1.81. The van der Waals surface area contributed by atoms with Crippen LogP contribution in [0.4, 0.5) is 10.6 Å². The van der Waals surface area contributed by atoms with E-state index in [1.807, 2.05) is 12.1 Å². The van der Waals surface area contributed by atoms with Crippen LogP contribution in [0, 0.1) is 0 Å². The number of hydrogen-bond donors (Lipinski definition) is 1. The SMILES string of the molecule is Cn1cc(NC(=O)N(Cc2ccncc2)CC2CCCO2)nn1. The first kappa shape index (κ1) is 15.4. The zero-order chi connectivity index (χ0) is 16.1. The third-order valence-corrected chi connectivity index (χ3v) is 3.70. The molecule has 1 aliphatic rings. The van der Waals surface area contributed by atoms with Gasteiger partial charge in [-0.05, 0) is 30.5 Å². The van der Waals surface area contributed by atoms with Crippen LogP contribution in [-0.4, -0.2) is 50.2 Å². The maximum Gasteiger partial charge on any atom is 0.323 e. The van der Waals surface area contributed by atoms with Crippen LogP contribution >= 0.6 is 0 Å². The predicted octanol–water partition coefficient (Wildman–Crippen LogP) is 1.42. The molecule has 1 fully saturated rings. The van der Waals surface area contributed by atoms with Gasteiger partial charge in [-0.1, -0.05) is 5.21 Å². The van der Waals surface area contributed by atoms with Crippen molar-refractivity contribution < 1.29 is 9.53 Å². The number of amides is 2. The molecular formula is C15H20N6O2. The van der Waals surface area contributed by atoms with E-state index >= 15 is 0 Å². The smallest absolute Gasteiger partial charge is 0.323 e. The normalized spacial score (nSPS) is 17.2. The van der Waals surface area contributed by atoms with Gasteiger partial charge in [0.1, 0.15) is 0 Å². The Morgan fingerprint density at radius 1 is 1.48 bits per heavy atom. The van der Waals surface area contributed by atoms with Gasteiger partial charge in [0.05, 0.1) is 12.3 Å². The summed E-state index contributed by atoms with van der Waals surface area (Å²) in [6.07, 6.45) is 7.21. The summed E-state index contributed by atoms with van der Waals surface area (Å²) in [5, 5.41) is 10.5. The zero-order valence-electron chi connectivity index (χ0n) is 13.1. The molecule has 2 amide bonds. The van der Waals surface area contributed by atoms with Gasteiger partial charge in [-0.3, -0.25) is 15.0 Å². The van der Waals surface area contributed by atoms with E-state index in [-0.39, 0.29) is 12.1 Å². The van der Waals surface area contributed by atoms with Crippen LogP contribution < -0.4 is 5.32 Å². The highest BCUT2D eigenvalue weighted by Gasteiger charge is 2.23. The molecule has 0 bridgehead atoms. The summed E-state index contributed by atoms with van der Waals surface area (Å²) < 4.78 is 7.20. The van der Waals surface area contributed by atoms with E-state index in [0.29, 0.717) is 18.9 Å². The second kappa shape index (κ2) is 7.19. The lowest BCUT2D eigenvalue weighted by Crippen LogP contribution is -2.39. The highest BCUT2D eigenvalue weighted by molar-refractivity contribution is 5.88. The largest absolute Gasteiger partial charge is 0.376 e. The van der Waals surface area contributed by atoms with Gasteiger partial charge >= 0.3 is 6.03 Å². The van der Waals surface area contributed by atoms with E-state index < -0.39 is 0 Å². The van der Waals surface area contributed by atoms with Gasteiger partial charge in [0.2, 0.25) is 0 Å². The van der Waals surface area contributed by atoms with Crippen LogP contribution in [0.3, 0.4) is 0 Å². The van der Waals surface area contributed by atoms with Crippen molar-refractivity contribution in [3.63, 3.8) is 0 Å². The van der Waals surface area contributed by atoms with Crippen molar-refractivity contribution in [1.82, 2.24) is 24.9 Å². The van der Waals surface area contributed by atoms with Gasteiger partial charge in [-0.2, -0.15) is 0 Å². The van der Waals surface area contributed by atoms with Gasteiger partial charge < -0.3 is 9.64 Å². The van der Waals surface area contributed by atoms with Crippen molar-refractivity contribution in [1.29, 1.82) is 0 Å². The van der Waals surface area contributed by atoms with Crippen LogP contribution in [0.5, 0.6) is 0 Å². The van der Waals surface area contributed by atoms with Crippen LogP contribution in [0.2, 0.25) is 0 Å². The molecule has 1 unspecified atom stereocenters. The number of aromatic nitrogens is 4. The number of carbonyl (C=O) groups is 1. The molecule has 1 aliphatic heterocycles. The number of nitrogens with zero attached hydrogens (tertiary/aromatic N) is 5. The number of rotatable bonds is 5. The summed E-state index contributed by atoms with van der Waals surface area (Å²) in [7, 11) is 1.75. The molecule has 3 heterocycles. The molecule has 1 saturated heterocycles. The molecule has 8 heteroatoms. The van der Waals surface area contributed by atoms with E-state index in [0.717, 1.165) is 25.0 Å². The number of aryl methyl sites for hydroxylation is 1. The van der Waals surface area contributed by atoms with Crippen LogP contribution in [-0.2, 0) is 18.3 Å². The molecule has 23 heavy (non-hydrogen) atoms. The number of nitrogens with one attached hydrogen (secondary N) is 1. The first-order valence-corrected chi connectivity index (χ1v) is 7.63. The van der Waals surface area contributed by atoms with Crippen LogP contribution in [0.25, 0.3) is 0 Å². The number of carbonyl (C=O) groups excluding carboxylic acids is 1. The molecule has 0 spiro atoms. The van der Waals surface area contributed by atoms with Crippen LogP contribution in [0.1, 0.15) is 18.4 Å². The van der Waals surface area contributed by atoms with Gasteiger partial charge in [0, 0.05) is 39.1 Å². The van der Waals surface area contributed by atoms with Gasteiger partial charge in [-0.15, -0.1) is 5.10 Å². The molecule has 1 atom stereocenters. The molecular weight excluding hydrogens is 296 g/mol. The Balaban J connectivity index is 1.68. The molecule has 3 rings (SSSR count). The summed E-state index contributed by atoms with van der Waals surface area (Å²) >= 11 is 0. The van der Waals surface area contributed by atoms with Crippen molar-refractivity contribution in [3.8, 4) is 0 Å². The molecule has 0 aromatic carbocycles. The van der Waals surface area contributed by atoms with Gasteiger partial charge in [0.25, 0.3) is 0 Å². The van der Waals surface area contributed by atoms with E-state index in [1.165, 1.54) is 0 Å².